The number of hydrogen-bond donors (Lipinski definition) is 0. The number of fused-ring (bicyclic) bond motifs is 4. The molecule has 1 unspecified atom stereocenters. The first kappa shape index (κ1) is 15.3. The van der Waals surface area contributed by atoms with E-state index < -0.39 is 5.54 Å². The van der Waals surface area contributed by atoms with E-state index in [0.29, 0.717) is 24.6 Å². The maximum atomic E-state index is 13.3. The predicted molar refractivity (Wildman–Crippen MR) is 87.1 cm³/mol. The standard InChI is InChI=1S/C18H22N2O4/c1-18-12-10-15(24-3)14(23-2)9-11(12)6-8-20(18)16(21)13-5-4-7-19(13)17(18)22/h9-10,13H,4-8H2,1-3H3/t13-,18?/m0/s1. The second kappa shape index (κ2) is 5.13. The van der Waals surface area contributed by atoms with Crippen molar-refractivity contribution in [3.63, 3.8) is 0 Å². The first-order valence-corrected chi connectivity index (χ1v) is 8.40. The first-order valence-electron chi connectivity index (χ1n) is 8.40. The van der Waals surface area contributed by atoms with Gasteiger partial charge in [0.2, 0.25) is 5.91 Å². The molecule has 1 aromatic rings. The Morgan fingerprint density at radius 1 is 1.12 bits per heavy atom. The highest BCUT2D eigenvalue weighted by atomic mass is 16.5. The molecule has 2 atom stereocenters. The lowest BCUT2D eigenvalue weighted by Crippen LogP contribution is -2.68. The molecule has 0 aromatic heterocycles. The van der Waals surface area contributed by atoms with E-state index >= 15 is 0 Å². The largest absolute Gasteiger partial charge is 0.493 e. The van der Waals surface area contributed by atoms with E-state index in [2.05, 4.69) is 0 Å². The smallest absolute Gasteiger partial charge is 0.253 e. The van der Waals surface area contributed by atoms with Crippen molar-refractivity contribution in [2.75, 3.05) is 27.3 Å². The fourth-order valence-electron chi connectivity index (χ4n) is 4.47. The number of hydrogen-bond acceptors (Lipinski definition) is 4. The molecule has 3 aliphatic heterocycles. The number of methoxy groups -OCH3 is 2. The molecule has 24 heavy (non-hydrogen) atoms. The number of rotatable bonds is 2. The summed E-state index contributed by atoms with van der Waals surface area (Å²) < 4.78 is 10.8. The summed E-state index contributed by atoms with van der Waals surface area (Å²) in [7, 11) is 3.18. The van der Waals surface area contributed by atoms with Crippen molar-refractivity contribution < 1.29 is 19.1 Å². The van der Waals surface area contributed by atoms with Crippen LogP contribution in [-0.4, -0.2) is 55.0 Å². The predicted octanol–water partition coefficient (Wildman–Crippen LogP) is 1.31. The van der Waals surface area contributed by atoms with E-state index in [9.17, 15) is 9.59 Å². The summed E-state index contributed by atoms with van der Waals surface area (Å²) in [6.45, 7) is 3.10. The Hall–Kier alpha value is -2.24. The molecule has 128 valence electrons. The maximum Gasteiger partial charge on any atom is 0.253 e. The number of carbonyl (C=O) groups is 2. The molecule has 2 amide bonds. The van der Waals surface area contributed by atoms with E-state index in [0.717, 1.165) is 30.4 Å². The van der Waals surface area contributed by atoms with E-state index in [4.69, 9.17) is 9.47 Å². The SMILES string of the molecule is COc1cc2c(cc1OC)C1(C)C(=O)N3CCC[C@H]3C(=O)N1CC2. The second-order valence-electron chi connectivity index (χ2n) is 6.83. The van der Waals surface area contributed by atoms with Crippen LogP contribution in [0.2, 0.25) is 0 Å². The van der Waals surface area contributed by atoms with Crippen molar-refractivity contribution in [2.24, 2.45) is 0 Å². The van der Waals surface area contributed by atoms with Gasteiger partial charge in [-0.15, -0.1) is 0 Å². The van der Waals surface area contributed by atoms with Crippen LogP contribution < -0.4 is 9.47 Å². The fraction of sp³-hybridized carbons (Fsp3) is 0.556. The molecule has 1 aromatic carbocycles. The van der Waals surface area contributed by atoms with Crippen molar-refractivity contribution in [2.45, 2.75) is 37.8 Å². The number of nitrogens with zero attached hydrogens (tertiary/aromatic N) is 2. The molecule has 6 heteroatoms. The number of ether oxygens (including phenoxy) is 2. The van der Waals surface area contributed by atoms with Gasteiger partial charge in [0.15, 0.2) is 11.5 Å². The number of benzene rings is 1. The molecule has 0 saturated carbocycles. The van der Waals surface area contributed by atoms with Gasteiger partial charge in [0.25, 0.3) is 5.91 Å². The molecule has 2 saturated heterocycles. The maximum absolute atomic E-state index is 13.3. The van der Waals surface area contributed by atoms with Gasteiger partial charge >= 0.3 is 0 Å². The highest BCUT2D eigenvalue weighted by Crippen LogP contribution is 2.46. The molecule has 0 aliphatic carbocycles. The zero-order chi connectivity index (χ0) is 17.1. The van der Waals surface area contributed by atoms with Gasteiger partial charge < -0.3 is 19.3 Å². The van der Waals surface area contributed by atoms with Crippen molar-refractivity contribution in [1.29, 1.82) is 0 Å². The monoisotopic (exact) mass is 330 g/mol. The highest BCUT2D eigenvalue weighted by Gasteiger charge is 2.57. The van der Waals surface area contributed by atoms with Crippen LogP contribution in [0.4, 0.5) is 0 Å². The Morgan fingerprint density at radius 3 is 2.54 bits per heavy atom. The van der Waals surface area contributed by atoms with Crippen LogP contribution in [0.15, 0.2) is 12.1 Å². The molecule has 3 aliphatic rings. The Morgan fingerprint density at radius 2 is 1.83 bits per heavy atom. The number of piperazine rings is 1. The minimum Gasteiger partial charge on any atom is -0.493 e. The third kappa shape index (κ3) is 1.77. The van der Waals surface area contributed by atoms with Crippen molar-refractivity contribution in [1.82, 2.24) is 9.80 Å². The van der Waals surface area contributed by atoms with E-state index in [1.165, 1.54) is 0 Å². The average molecular weight is 330 g/mol. The fourth-order valence-corrected chi connectivity index (χ4v) is 4.47. The van der Waals surface area contributed by atoms with Gasteiger partial charge in [0, 0.05) is 13.1 Å². The van der Waals surface area contributed by atoms with Gasteiger partial charge in [0.1, 0.15) is 11.6 Å². The Labute approximate surface area is 141 Å². The topological polar surface area (TPSA) is 59.1 Å². The summed E-state index contributed by atoms with van der Waals surface area (Å²) in [6.07, 6.45) is 2.39. The van der Waals surface area contributed by atoms with E-state index in [1.54, 1.807) is 24.0 Å². The zero-order valence-corrected chi connectivity index (χ0v) is 14.3. The van der Waals surface area contributed by atoms with Crippen LogP contribution in [0.5, 0.6) is 11.5 Å². The molecule has 0 N–H and O–H groups in total. The molecule has 0 radical (unpaired) electrons. The summed E-state index contributed by atoms with van der Waals surface area (Å²) in [4.78, 5) is 29.8. The summed E-state index contributed by atoms with van der Waals surface area (Å²) in [5.41, 5.74) is 0.950. The summed E-state index contributed by atoms with van der Waals surface area (Å²) in [5.74, 6) is 1.35. The minimum absolute atomic E-state index is 0.0257. The van der Waals surface area contributed by atoms with Crippen LogP contribution >= 0.6 is 0 Å². The molecule has 3 heterocycles. The zero-order valence-electron chi connectivity index (χ0n) is 14.3. The first-order chi connectivity index (χ1) is 11.5. The van der Waals surface area contributed by atoms with Crippen LogP contribution in [-0.2, 0) is 21.5 Å². The summed E-state index contributed by atoms with van der Waals surface area (Å²) >= 11 is 0. The minimum atomic E-state index is -0.953. The molecule has 6 nitrogen and oxygen atoms in total. The van der Waals surface area contributed by atoms with Crippen LogP contribution in [0.3, 0.4) is 0 Å². The molecule has 4 rings (SSSR count). The van der Waals surface area contributed by atoms with Gasteiger partial charge in [-0.05, 0) is 49.4 Å². The third-order valence-electron chi connectivity index (χ3n) is 5.76. The number of carbonyl (C=O) groups excluding carboxylic acids is 2. The molecular formula is C18H22N2O4. The summed E-state index contributed by atoms with van der Waals surface area (Å²) in [5, 5.41) is 0. The normalized spacial score (nSPS) is 28.4. The Bertz CT molecular complexity index is 732. The molecule has 0 bridgehead atoms. The second-order valence-corrected chi connectivity index (χ2v) is 6.83. The van der Waals surface area contributed by atoms with Gasteiger partial charge in [-0.25, -0.2) is 0 Å². The van der Waals surface area contributed by atoms with Gasteiger partial charge in [-0.3, -0.25) is 9.59 Å². The lowest BCUT2D eigenvalue weighted by Gasteiger charge is -2.52. The lowest BCUT2D eigenvalue weighted by molar-refractivity contribution is -0.169. The van der Waals surface area contributed by atoms with E-state index in [-0.39, 0.29) is 17.9 Å². The quantitative estimate of drug-likeness (QED) is 0.820. The molecular weight excluding hydrogens is 308 g/mol. The van der Waals surface area contributed by atoms with Crippen LogP contribution in [0.1, 0.15) is 30.9 Å². The van der Waals surface area contributed by atoms with Crippen molar-refractivity contribution in [3.05, 3.63) is 23.3 Å². The highest BCUT2D eigenvalue weighted by molar-refractivity contribution is 6.01. The molecule has 0 spiro atoms. The van der Waals surface area contributed by atoms with E-state index in [1.807, 2.05) is 19.1 Å². The summed E-state index contributed by atoms with van der Waals surface area (Å²) in [6, 6.07) is 3.53. The lowest BCUT2D eigenvalue weighted by atomic mass is 9.78. The average Bonchev–Trinajstić information content (AvgIpc) is 3.09. The third-order valence-corrected chi connectivity index (χ3v) is 5.76. The van der Waals surface area contributed by atoms with Gasteiger partial charge in [0.05, 0.1) is 14.2 Å². The van der Waals surface area contributed by atoms with Crippen LogP contribution in [0, 0.1) is 0 Å². The van der Waals surface area contributed by atoms with Crippen molar-refractivity contribution in [3.8, 4) is 11.5 Å². The Kier molecular flexibility index (Phi) is 3.27. The van der Waals surface area contributed by atoms with Crippen molar-refractivity contribution >= 4 is 11.8 Å². The van der Waals surface area contributed by atoms with Gasteiger partial charge in [-0.2, -0.15) is 0 Å². The van der Waals surface area contributed by atoms with Gasteiger partial charge in [-0.1, -0.05) is 0 Å². The molecule has 2 fully saturated rings. The Balaban J connectivity index is 1.89. The number of amides is 2. The van der Waals surface area contributed by atoms with Crippen LogP contribution in [0.25, 0.3) is 0 Å².